The van der Waals surface area contributed by atoms with E-state index in [-0.39, 0.29) is 17.0 Å². The second-order valence-corrected chi connectivity index (χ2v) is 8.21. The Kier molecular flexibility index (Phi) is 4.92. The van der Waals surface area contributed by atoms with Crippen LogP contribution in [0.4, 0.5) is 10.1 Å². The highest BCUT2D eigenvalue weighted by molar-refractivity contribution is 7.90. The van der Waals surface area contributed by atoms with E-state index in [9.17, 15) is 17.6 Å². The first-order valence-electron chi connectivity index (χ1n) is 8.12. The first kappa shape index (κ1) is 18.9. The van der Waals surface area contributed by atoms with Crippen LogP contribution in [0.2, 0.25) is 0 Å². The molecule has 0 spiro atoms. The van der Waals surface area contributed by atoms with Crippen LogP contribution in [-0.2, 0) is 21.1 Å². The van der Waals surface area contributed by atoms with E-state index in [1.54, 1.807) is 4.52 Å². The van der Waals surface area contributed by atoms with Crippen LogP contribution in [0, 0.1) is 19.7 Å². The molecular formula is C17H18FN5O3S. The molecule has 142 valence electrons. The first-order chi connectivity index (χ1) is 12.7. The predicted molar refractivity (Wildman–Crippen MR) is 96.7 cm³/mol. The first-order valence-corrected chi connectivity index (χ1v) is 10.0. The topological polar surface area (TPSA) is 106 Å². The molecule has 0 aliphatic rings. The maximum absolute atomic E-state index is 13.9. The molecular weight excluding hydrogens is 373 g/mol. The average Bonchev–Trinajstić information content (AvgIpc) is 3.04. The van der Waals surface area contributed by atoms with Crippen LogP contribution in [0.5, 0.6) is 0 Å². The summed E-state index contributed by atoms with van der Waals surface area (Å²) in [7, 11) is -3.50. The summed E-state index contributed by atoms with van der Waals surface area (Å²) in [6, 6.07) is 3.29. The van der Waals surface area contributed by atoms with Crippen molar-refractivity contribution >= 4 is 27.2 Å². The van der Waals surface area contributed by atoms with Crippen LogP contribution >= 0.6 is 0 Å². The number of anilines is 1. The molecule has 0 atom stereocenters. The van der Waals surface area contributed by atoms with Crippen LogP contribution in [0.3, 0.4) is 0 Å². The van der Waals surface area contributed by atoms with E-state index in [2.05, 4.69) is 20.4 Å². The number of nitrogens with one attached hydrogen (secondary N) is 1. The van der Waals surface area contributed by atoms with Gasteiger partial charge in [-0.25, -0.2) is 22.3 Å². The number of hydrogen-bond acceptors (Lipinski definition) is 6. The fourth-order valence-corrected chi connectivity index (χ4v) is 3.45. The Morgan fingerprint density at radius 2 is 2.04 bits per heavy atom. The van der Waals surface area contributed by atoms with Crippen molar-refractivity contribution in [2.45, 2.75) is 31.6 Å². The van der Waals surface area contributed by atoms with Gasteiger partial charge in [-0.3, -0.25) is 4.79 Å². The normalized spacial score (nSPS) is 11.7. The Morgan fingerprint density at radius 3 is 2.74 bits per heavy atom. The Balaban J connectivity index is 1.76. The lowest BCUT2D eigenvalue weighted by molar-refractivity contribution is -0.116. The van der Waals surface area contributed by atoms with Crippen molar-refractivity contribution in [1.29, 1.82) is 0 Å². The number of hydrogen-bond donors (Lipinski definition) is 1. The molecule has 0 unspecified atom stereocenters. The molecule has 10 heteroatoms. The summed E-state index contributed by atoms with van der Waals surface area (Å²) < 4.78 is 38.7. The summed E-state index contributed by atoms with van der Waals surface area (Å²) in [6.07, 6.45) is 2.87. The number of nitrogens with zero attached hydrogens (tertiary/aromatic N) is 4. The lowest BCUT2D eigenvalue weighted by Crippen LogP contribution is -2.15. The third kappa shape index (κ3) is 3.95. The smallest absolute Gasteiger partial charge is 0.252 e. The molecule has 27 heavy (non-hydrogen) atoms. The number of amides is 1. The fourth-order valence-electron chi connectivity index (χ4n) is 2.80. The number of aryl methyl sites for hydroxylation is 2. The lowest BCUT2D eigenvalue weighted by atomic mass is 10.1. The third-order valence-electron chi connectivity index (χ3n) is 4.23. The standard InChI is InChI=1S/C17H18FN5O3S/c1-10-13(11(2)23-17(21-10)19-9-20-23)5-7-16(24)22-15-8-12(27(3,25)26)4-6-14(15)18/h4,6,8-9H,5,7H2,1-3H3,(H,22,24). The zero-order chi connectivity index (χ0) is 19.8. The summed E-state index contributed by atoms with van der Waals surface area (Å²) in [5.74, 6) is -0.649. The van der Waals surface area contributed by atoms with Crippen molar-refractivity contribution in [3.63, 3.8) is 0 Å². The maximum atomic E-state index is 13.9. The van der Waals surface area contributed by atoms with Gasteiger partial charge in [0.15, 0.2) is 9.84 Å². The van der Waals surface area contributed by atoms with E-state index in [0.717, 1.165) is 41.4 Å². The summed E-state index contributed by atoms with van der Waals surface area (Å²) >= 11 is 0. The molecule has 0 saturated carbocycles. The highest BCUT2D eigenvalue weighted by Gasteiger charge is 2.15. The molecule has 0 bridgehead atoms. The van der Waals surface area contributed by atoms with Crippen molar-refractivity contribution in [3.05, 3.63) is 47.3 Å². The maximum Gasteiger partial charge on any atom is 0.252 e. The number of rotatable bonds is 5. The van der Waals surface area contributed by atoms with Gasteiger partial charge in [-0.15, -0.1) is 0 Å². The SMILES string of the molecule is Cc1nc2ncnn2c(C)c1CCC(=O)Nc1cc(S(C)(=O)=O)ccc1F. The lowest BCUT2D eigenvalue weighted by Gasteiger charge is -2.11. The van der Waals surface area contributed by atoms with Gasteiger partial charge < -0.3 is 5.32 Å². The molecule has 0 aliphatic carbocycles. The fraction of sp³-hybridized carbons (Fsp3) is 0.294. The molecule has 1 amide bonds. The number of carbonyl (C=O) groups excluding carboxylic acids is 1. The number of benzene rings is 1. The van der Waals surface area contributed by atoms with E-state index in [1.807, 2.05) is 13.8 Å². The summed E-state index contributed by atoms with van der Waals surface area (Å²) in [6.45, 7) is 3.68. The van der Waals surface area contributed by atoms with Crippen molar-refractivity contribution in [2.75, 3.05) is 11.6 Å². The summed E-state index contributed by atoms with van der Waals surface area (Å²) in [5.41, 5.74) is 2.26. The van der Waals surface area contributed by atoms with Gasteiger partial charge in [-0.1, -0.05) is 0 Å². The summed E-state index contributed by atoms with van der Waals surface area (Å²) in [4.78, 5) is 20.6. The van der Waals surface area contributed by atoms with E-state index in [1.165, 1.54) is 6.33 Å². The van der Waals surface area contributed by atoms with E-state index >= 15 is 0 Å². The molecule has 2 heterocycles. The Bertz CT molecular complexity index is 1140. The molecule has 0 saturated heterocycles. The van der Waals surface area contributed by atoms with Crippen LogP contribution < -0.4 is 5.32 Å². The van der Waals surface area contributed by atoms with Gasteiger partial charge in [0.2, 0.25) is 5.91 Å². The highest BCUT2D eigenvalue weighted by atomic mass is 32.2. The molecule has 3 rings (SSSR count). The minimum absolute atomic E-state index is 0.0632. The zero-order valence-electron chi connectivity index (χ0n) is 15.0. The zero-order valence-corrected chi connectivity index (χ0v) is 15.8. The van der Waals surface area contributed by atoms with Crippen LogP contribution in [0.25, 0.3) is 5.78 Å². The minimum Gasteiger partial charge on any atom is -0.324 e. The monoisotopic (exact) mass is 391 g/mol. The van der Waals surface area contributed by atoms with Crippen molar-refractivity contribution in [1.82, 2.24) is 19.6 Å². The Hall–Kier alpha value is -2.88. The summed E-state index contributed by atoms with van der Waals surface area (Å²) in [5, 5.41) is 6.53. The largest absolute Gasteiger partial charge is 0.324 e. The van der Waals surface area contributed by atoms with Crippen LogP contribution in [0.15, 0.2) is 29.4 Å². The quantitative estimate of drug-likeness (QED) is 0.666. The Labute approximate surface area is 155 Å². The van der Waals surface area contributed by atoms with Crippen LogP contribution in [0.1, 0.15) is 23.4 Å². The van der Waals surface area contributed by atoms with Crippen molar-refractivity contribution in [3.8, 4) is 0 Å². The number of halogens is 1. The van der Waals surface area contributed by atoms with E-state index in [0.29, 0.717) is 12.2 Å². The van der Waals surface area contributed by atoms with Gasteiger partial charge in [0.1, 0.15) is 12.1 Å². The van der Waals surface area contributed by atoms with Gasteiger partial charge >= 0.3 is 0 Å². The molecule has 3 aromatic rings. The molecule has 8 nitrogen and oxygen atoms in total. The molecule has 1 aromatic carbocycles. The molecule has 0 fully saturated rings. The van der Waals surface area contributed by atoms with Gasteiger partial charge in [0.05, 0.1) is 10.6 Å². The minimum atomic E-state index is -3.50. The molecule has 0 radical (unpaired) electrons. The Morgan fingerprint density at radius 1 is 1.30 bits per heavy atom. The van der Waals surface area contributed by atoms with Gasteiger partial charge in [0.25, 0.3) is 5.78 Å². The van der Waals surface area contributed by atoms with E-state index < -0.39 is 21.6 Å². The molecule has 2 aromatic heterocycles. The van der Waals surface area contributed by atoms with Crippen molar-refractivity contribution < 1.29 is 17.6 Å². The second kappa shape index (κ2) is 7.03. The van der Waals surface area contributed by atoms with Gasteiger partial charge in [-0.2, -0.15) is 10.1 Å². The van der Waals surface area contributed by atoms with Crippen LogP contribution in [-0.4, -0.2) is 40.2 Å². The average molecular weight is 391 g/mol. The number of fused-ring (bicyclic) bond motifs is 1. The second-order valence-electron chi connectivity index (χ2n) is 6.20. The molecule has 1 N–H and O–H groups in total. The molecule has 0 aliphatic heterocycles. The van der Waals surface area contributed by atoms with Gasteiger partial charge in [-0.05, 0) is 44.0 Å². The number of aromatic nitrogens is 4. The highest BCUT2D eigenvalue weighted by Crippen LogP contribution is 2.20. The number of carbonyl (C=O) groups is 1. The third-order valence-corrected chi connectivity index (χ3v) is 5.34. The predicted octanol–water partition coefficient (Wildman–Crippen LogP) is 1.86. The van der Waals surface area contributed by atoms with E-state index in [4.69, 9.17) is 0 Å². The van der Waals surface area contributed by atoms with Gasteiger partial charge in [0, 0.05) is 24.1 Å². The number of sulfone groups is 1. The van der Waals surface area contributed by atoms with Crippen molar-refractivity contribution in [2.24, 2.45) is 0 Å².